The summed E-state index contributed by atoms with van der Waals surface area (Å²) in [4.78, 5) is 28.3. The lowest BCUT2D eigenvalue weighted by Crippen LogP contribution is -2.62. The highest BCUT2D eigenvalue weighted by molar-refractivity contribution is 14.1. The van der Waals surface area contributed by atoms with E-state index in [1.807, 2.05) is 35.6 Å². The highest BCUT2D eigenvalue weighted by Gasteiger charge is 2.68. The number of rotatable bonds is 2. The fraction of sp³-hybridized carbons (Fsp3) is 0.567. The number of aromatic hydroxyl groups is 1. The Morgan fingerprint density at radius 2 is 1.97 bits per heavy atom. The lowest BCUT2D eigenvalue weighted by atomic mass is 9.45. The van der Waals surface area contributed by atoms with Crippen LogP contribution in [0.25, 0.3) is 10.9 Å². The van der Waals surface area contributed by atoms with Gasteiger partial charge in [0.15, 0.2) is 17.3 Å². The van der Waals surface area contributed by atoms with Crippen molar-refractivity contribution in [3.8, 4) is 5.75 Å². The van der Waals surface area contributed by atoms with Crippen molar-refractivity contribution in [3.63, 3.8) is 0 Å². The van der Waals surface area contributed by atoms with Crippen molar-refractivity contribution in [1.82, 2.24) is 4.98 Å². The highest BCUT2D eigenvalue weighted by atomic mass is 127. The van der Waals surface area contributed by atoms with Crippen LogP contribution in [0.15, 0.2) is 36.0 Å². The van der Waals surface area contributed by atoms with E-state index >= 15 is 0 Å². The number of hydrogen-bond donors (Lipinski definition) is 4. The molecule has 4 N–H and O–H groups in total. The molecule has 0 radical (unpaired) electrons. The molecule has 0 unspecified atom stereocenters. The maximum Gasteiger partial charge on any atom is 0.190 e. The van der Waals surface area contributed by atoms with Gasteiger partial charge in [-0.25, -0.2) is 0 Å². The second-order valence-corrected chi connectivity index (χ2v) is 13.7. The molecule has 3 saturated carbocycles. The van der Waals surface area contributed by atoms with E-state index < -0.39 is 29.5 Å². The summed E-state index contributed by atoms with van der Waals surface area (Å²) in [6.07, 6.45) is 7.37. The lowest BCUT2D eigenvalue weighted by molar-refractivity contribution is -0.182. The fourth-order valence-corrected chi connectivity index (χ4v) is 9.45. The maximum absolute atomic E-state index is 12.4. The number of fused-ring (bicyclic) bond motifs is 6. The van der Waals surface area contributed by atoms with Gasteiger partial charge in [0.2, 0.25) is 0 Å². The number of hydrogen-bond acceptors (Lipinski definition) is 7. The number of phenols is 1. The monoisotopic (exact) mass is 667 g/mol. The smallest absolute Gasteiger partial charge is 0.190 e. The SMILES string of the molecule is C[C@]12CCC(=O)C=C1CC[C@@H]1[C@@H]2[C@@H](O)C[C@@]2(C)[C@H]1CC[C@]2(O)C(=O)CO.Oc1c(I)cc(Cl)c2cccnc12. The standard InChI is InChI=1S/C21H30O5.C9H5ClINO/c1-19-7-5-13(23)9-12(19)3-4-14-15-6-8-21(26,17(25)11-22)20(15,2)10-16(24)18(14)19;10-6-4-7(11)9(13)8-5(6)2-1-3-12-8/h9,14-16,18,22,24,26H,3-8,10-11H2,1-2H3;1-4,13H/t14-,15-,16-,18+,19-,20-,21-;/m0./s1. The molecule has 0 bridgehead atoms. The molecule has 210 valence electrons. The summed E-state index contributed by atoms with van der Waals surface area (Å²) in [5, 5.41) is 42.8. The Labute approximate surface area is 246 Å². The number of carbonyl (C=O) groups excluding carboxylic acids is 2. The van der Waals surface area contributed by atoms with Crippen LogP contribution in [0.2, 0.25) is 5.02 Å². The fourth-order valence-electron chi connectivity index (χ4n) is 8.44. The largest absolute Gasteiger partial charge is 0.505 e. The molecule has 39 heavy (non-hydrogen) atoms. The molecule has 4 aliphatic rings. The number of benzene rings is 1. The average molecular weight is 668 g/mol. The molecule has 4 aliphatic carbocycles. The van der Waals surface area contributed by atoms with Crippen LogP contribution in [0.5, 0.6) is 5.75 Å². The minimum Gasteiger partial charge on any atom is -0.505 e. The Balaban J connectivity index is 0.000000198. The van der Waals surface area contributed by atoms with E-state index in [0.29, 0.717) is 33.4 Å². The molecule has 6 rings (SSSR count). The minimum atomic E-state index is -1.54. The van der Waals surface area contributed by atoms with Gasteiger partial charge >= 0.3 is 0 Å². The molecule has 0 saturated heterocycles. The zero-order chi connectivity index (χ0) is 28.3. The summed E-state index contributed by atoms with van der Waals surface area (Å²) in [7, 11) is 0. The number of aliphatic hydroxyl groups excluding tert-OH is 2. The normalized spacial score (nSPS) is 37.2. The number of halogens is 2. The summed E-state index contributed by atoms with van der Waals surface area (Å²) in [6.45, 7) is 3.46. The molecular weight excluding hydrogens is 633 g/mol. The van der Waals surface area contributed by atoms with E-state index in [2.05, 4.69) is 11.9 Å². The molecule has 9 heteroatoms. The van der Waals surface area contributed by atoms with Crippen LogP contribution in [-0.2, 0) is 9.59 Å². The van der Waals surface area contributed by atoms with Crippen molar-refractivity contribution in [2.24, 2.45) is 28.6 Å². The van der Waals surface area contributed by atoms with E-state index in [-0.39, 0.29) is 34.7 Å². The van der Waals surface area contributed by atoms with Crippen molar-refractivity contribution in [2.45, 2.75) is 70.5 Å². The molecule has 0 spiro atoms. The van der Waals surface area contributed by atoms with Crippen molar-refractivity contribution in [2.75, 3.05) is 6.61 Å². The van der Waals surface area contributed by atoms with Crippen LogP contribution in [0.1, 0.15) is 58.8 Å². The predicted molar refractivity (Wildman–Crippen MR) is 156 cm³/mol. The minimum absolute atomic E-state index is 0.0697. The molecule has 1 aromatic carbocycles. The first-order valence-corrected chi connectivity index (χ1v) is 15.0. The Morgan fingerprint density at radius 1 is 1.23 bits per heavy atom. The number of aliphatic hydroxyl groups is 3. The molecule has 1 heterocycles. The molecule has 3 fully saturated rings. The van der Waals surface area contributed by atoms with E-state index in [9.17, 15) is 30.0 Å². The zero-order valence-electron chi connectivity index (χ0n) is 22.2. The van der Waals surface area contributed by atoms with E-state index in [1.165, 1.54) is 5.57 Å². The van der Waals surface area contributed by atoms with Crippen LogP contribution >= 0.6 is 34.2 Å². The van der Waals surface area contributed by atoms with Gasteiger partial charge in [0.05, 0.1) is 14.7 Å². The molecule has 7 nitrogen and oxygen atoms in total. The summed E-state index contributed by atoms with van der Waals surface area (Å²) < 4.78 is 0.716. The summed E-state index contributed by atoms with van der Waals surface area (Å²) >= 11 is 8.00. The second kappa shape index (κ2) is 10.4. The summed E-state index contributed by atoms with van der Waals surface area (Å²) in [5.74, 6) is 0.335. The lowest BCUT2D eigenvalue weighted by Gasteiger charge is -2.60. The predicted octanol–water partition coefficient (Wildman–Crippen LogP) is 4.98. The van der Waals surface area contributed by atoms with Gasteiger partial charge in [0, 0.05) is 23.4 Å². The van der Waals surface area contributed by atoms with Gasteiger partial charge in [-0.15, -0.1) is 0 Å². The molecule has 7 atom stereocenters. The Bertz CT molecular complexity index is 1360. The van der Waals surface area contributed by atoms with Crippen LogP contribution in [-0.4, -0.2) is 55.3 Å². The van der Waals surface area contributed by atoms with Gasteiger partial charge in [-0.2, -0.15) is 0 Å². The topological polar surface area (TPSA) is 128 Å². The molecule has 2 aromatic rings. The first-order valence-electron chi connectivity index (χ1n) is 13.6. The molecule has 1 aromatic heterocycles. The van der Waals surface area contributed by atoms with Crippen LogP contribution in [0.3, 0.4) is 0 Å². The van der Waals surface area contributed by atoms with E-state index in [0.717, 1.165) is 31.1 Å². The van der Waals surface area contributed by atoms with Gasteiger partial charge in [-0.05, 0) is 109 Å². The van der Waals surface area contributed by atoms with Gasteiger partial charge in [0.1, 0.15) is 17.7 Å². The number of pyridine rings is 1. The molecular formula is C30H35ClINO6. The first kappa shape index (κ1) is 28.9. The molecule has 0 aliphatic heterocycles. The summed E-state index contributed by atoms with van der Waals surface area (Å²) in [6, 6.07) is 5.35. The average Bonchev–Trinajstić information content (AvgIpc) is 3.18. The second-order valence-electron chi connectivity index (χ2n) is 12.1. The van der Waals surface area contributed by atoms with Crippen molar-refractivity contribution < 1.29 is 30.0 Å². The Kier molecular flexibility index (Phi) is 7.68. The van der Waals surface area contributed by atoms with Crippen LogP contribution in [0, 0.1) is 32.2 Å². The first-order chi connectivity index (χ1) is 18.4. The van der Waals surface area contributed by atoms with Crippen molar-refractivity contribution in [3.05, 3.63) is 44.6 Å². The highest BCUT2D eigenvalue weighted by Crippen LogP contribution is 2.67. The number of aromatic nitrogens is 1. The van der Waals surface area contributed by atoms with Gasteiger partial charge in [-0.1, -0.05) is 31.0 Å². The number of Topliss-reactive ketones (excluding diaryl/α,β-unsaturated/α-hetero) is 1. The molecule has 0 amide bonds. The van der Waals surface area contributed by atoms with E-state index in [4.69, 9.17) is 11.6 Å². The van der Waals surface area contributed by atoms with Crippen molar-refractivity contribution in [1.29, 1.82) is 0 Å². The maximum atomic E-state index is 12.4. The van der Waals surface area contributed by atoms with Gasteiger partial charge in [0.25, 0.3) is 0 Å². The summed E-state index contributed by atoms with van der Waals surface area (Å²) in [5.41, 5.74) is -0.677. The Hall–Kier alpha value is -1.59. The quantitative estimate of drug-likeness (QED) is 0.333. The van der Waals surface area contributed by atoms with Crippen LogP contribution in [0.4, 0.5) is 0 Å². The third-order valence-corrected chi connectivity index (χ3v) is 11.6. The van der Waals surface area contributed by atoms with Gasteiger partial charge in [-0.3, -0.25) is 14.6 Å². The van der Waals surface area contributed by atoms with E-state index in [1.54, 1.807) is 24.4 Å². The number of nitrogens with zero attached hydrogens (tertiary/aromatic N) is 1. The van der Waals surface area contributed by atoms with Gasteiger partial charge < -0.3 is 20.4 Å². The number of phenolic OH excluding ortho intramolecular Hbond substituents is 1. The number of allylic oxidation sites excluding steroid dienone is 1. The number of ketones is 2. The third-order valence-electron chi connectivity index (χ3n) is 10.4. The van der Waals surface area contributed by atoms with Crippen molar-refractivity contribution >= 4 is 56.7 Å². The van der Waals surface area contributed by atoms with Crippen LogP contribution < -0.4 is 0 Å². The number of carbonyl (C=O) groups is 2. The Morgan fingerprint density at radius 3 is 2.69 bits per heavy atom. The third kappa shape index (κ3) is 4.45. The zero-order valence-corrected chi connectivity index (χ0v) is 25.1.